The molecule has 2 aromatic carbocycles. The van der Waals surface area contributed by atoms with Gasteiger partial charge in [-0.15, -0.1) is 0 Å². The van der Waals surface area contributed by atoms with E-state index in [4.69, 9.17) is 4.74 Å². The van der Waals surface area contributed by atoms with E-state index in [1.807, 2.05) is 36.4 Å². The Labute approximate surface area is 195 Å². The number of hydrogen-bond donors (Lipinski definition) is 2. The van der Waals surface area contributed by atoms with Gasteiger partial charge in [-0.3, -0.25) is 9.59 Å². The quantitative estimate of drug-likeness (QED) is 0.727. The minimum absolute atomic E-state index is 0.0579. The van der Waals surface area contributed by atoms with E-state index in [-0.39, 0.29) is 35.9 Å². The zero-order valence-corrected chi connectivity index (χ0v) is 19.2. The average Bonchev–Trinajstić information content (AvgIpc) is 3.31. The van der Waals surface area contributed by atoms with Crippen LogP contribution in [0.5, 0.6) is 0 Å². The van der Waals surface area contributed by atoms with E-state index in [0.717, 1.165) is 44.3 Å². The highest BCUT2D eigenvalue weighted by atomic mass is 16.5. The number of fused-ring (bicyclic) bond motifs is 3. The topological polar surface area (TPSA) is 70.7 Å². The second kappa shape index (κ2) is 9.56. The highest BCUT2D eigenvalue weighted by Crippen LogP contribution is 2.47. The van der Waals surface area contributed by atoms with E-state index in [2.05, 4.69) is 33.7 Å². The zero-order valence-electron chi connectivity index (χ0n) is 19.2. The van der Waals surface area contributed by atoms with Crippen molar-refractivity contribution in [3.63, 3.8) is 0 Å². The van der Waals surface area contributed by atoms with Crippen molar-refractivity contribution in [1.82, 2.24) is 10.2 Å². The number of ether oxygens (including phenoxy) is 1. The number of amides is 2. The van der Waals surface area contributed by atoms with Crippen LogP contribution in [0.3, 0.4) is 0 Å². The molecule has 2 N–H and O–H groups in total. The summed E-state index contributed by atoms with van der Waals surface area (Å²) in [6, 6.07) is 17.7. The van der Waals surface area contributed by atoms with Gasteiger partial charge in [0.1, 0.15) is 0 Å². The first kappa shape index (κ1) is 22.0. The SMILES string of the molecule is COC[C@@H]1Nc2ccccc2[C@H]2[C@@H]1CCN2C(=O)C1CCCC[C@H]1NC(=O)c1ccccc1. The molecule has 5 rings (SSSR count). The molecule has 2 amide bonds. The fourth-order valence-corrected chi connectivity index (χ4v) is 6.07. The smallest absolute Gasteiger partial charge is 0.251 e. The van der Waals surface area contributed by atoms with Gasteiger partial charge in [-0.25, -0.2) is 0 Å². The lowest BCUT2D eigenvalue weighted by Crippen LogP contribution is -2.50. The van der Waals surface area contributed by atoms with Crippen LogP contribution in [0.1, 0.15) is 54.1 Å². The number of para-hydroxylation sites is 1. The molecule has 0 bridgehead atoms. The second-order valence-corrected chi connectivity index (χ2v) is 9.56. The Morgan fingerprint density at radius 1 is 1.03 bits per heavy atom. The van der Waals surface area contributed by atoms with Crippen LogP contribution >= 0.6 is 0 Å². The first-order valence-corrected chi connectivity index (χ1v) is 12.2. The van der Waals surface area contributed by atoms with Gasteiger partial charge in [-0.05, 0) is 43.0 Å². The first-order valence-electron chi connectivity index (χ1n) is 12.2. The van der Waals surface area contributed by atoms with E-state index in [1.165, 1.54) is 5.56 Å². The number of anilines is 1. The largest absolute Gasteiger partial charge is 0.383 e. The van der Waals surface area contributed by atoms with Crippen molar-refractivity contribution in [3.05, 3.63) is 65.7 Å². The lowest BCUT2D eigenvalue weighted by Gasteiger charge is -2.41. The van der Waals surface area contributed by atoms with Crippen molar-refractivity contribution in [2.45, 2.75) is 50.2 Å². The molecule has 0 radical (unpaired) electrons. The van der Waals surface area contributed by atoms with Crippen LogP contribution in [-0.2, 0) is 9.53 Å². The first-order chi connectivity index (χ1) is 16.2. The number of nitrogens with one attached hydrogen (secondary N) is 2. The molecular formula is C27H33N3O3. The molecule has 1 saturated heterocycles. The predicted octanol–water partition coefficient (Wildman–Crippen LogP) is 4.01. The van der Waals surface area contributed by atoms with Crippen LogP contribution < -0.4 is 10.6 Å². The molecule has 5 atom stereocenters. The third-order valence-electron chi connectivity index (χ3n) is 7.65. The molecule has 33 heavy (non-hydrogen) atoms. The Kier molecular flexibility index (Phi) is 6.36. The van der Waals surface area contributed by atoms with Gasteiger partial charge in [0.05, 0.1) is 24.6 Å². The monoisotopic (exact) mass is 447 g/mol. The number of rotatable bonds is 5. The molecule has 2 heterocycles. The molecule has 2 aliphatic heterocycles. The van der Waals surface area contributed by atoms with E-state index in [1.54, 1.807) is 7.11 Å². The van der Waals surface area contributed by atoms with Crippen molar-refractivity contribution < 1.29 is 14.3 Å². The lowest BCUT2D eigenvalue weighted by atomic mass is 9.81. The number of carbonyl (C=O) groups excluding carboxylic acids is 2. The number of likely N-dealkylation sites (tertiary alicyclic amines) is 1. The highest BCUT2D eigenvalue weighted by Gasteiger charge is 2.48. The summed E-state index contributed by atoms with van der Waals surface area (Å²) in [7, 11) is 1.73. The average molecular weight is 448 g/mol. The van der Waals surface area contributed by atoms with Gasteiger partial charge in [-0.2, -0.15) is 0 Å². The van der Waals surface area contributed by atoms with Crippen molar-refractivity contribution in [2.75, 3.05) is 25.6 Å². The predicted molar refractivity (Wildman–Crippen MR) is 128 cm³/mol. The maximum atomic E-state index is 14.0. The molecule has 3 aliphatic rings. The summed E-state index contributed by atoms with van der Waals surface area (Å²) in [6.07, 6.45) is 4.70. The molecule has 1 aliphatic carbocycles. The fraction of sp³-hybridized carbons (Fsp3) is 0.481. The van der Waals surface area contributed by atoms with Crippen LogP contribution in [0, 0.1) is 11.8 Å². The van der Waals surface area contributed by atoms with E-state index in [0.29, 0.717) is 18.1 Å². The van der Waals surface area contributed by atoms with Gasteiger partial charge < -0.3 is 20.3 Å². The molecular weight excluding hydrogens is 414 g/mol. The fourth-order valence-electron chi connectivity index (χ4n) is 6.07. The third-order valence-corrected chi connectivity index (χ3v) is 7.65. The summed E-state index contributed by atoms with van der Waals surface area (Å²) in [4.78, 5) is 28.9. The minimum atomic E-state index is -0.173. The Hall–Kier alpha value is -2.86. The van der Waals surface area contributed by atoms with Gasteiger partial charge in [0.15, 0.2) is 0 Å². The molecule has 6 nitrogen and oxygen atoms in total. The van der Waals surface area contributed by atoms with Crippen LogP contribution in [-0.4, -0.2) is 49.1 Å². The molecule has 6 heteroatoms. The summed E-state index contributed by atoms with van der Waals surface area (Å²) in [6.45, 7) is 1.37. The van der Waals surface area contributed by atoms with Gasteiger partial charge in [0, 0.05) is 36.9 Å². The maximum Gasteiger partial charge on any atom is 0.251 e. The number of nitrogens with zero attached hydrogens (tertiary/aromatic N) is 1. The molecule has 2 aromatic rings. The summed E-state index contributed by atoms with van der Waals surface area (Å²) in [5.41, 5.74) is 2.93. The molecule has 174 valence electrons. The Bertz CT molecular complexity index is 995. The van der Waals surface area contributed by atoms with Crippen LogP contribution in [0.15, 0.2) is 54.6 Å². The lowest BCUT2D eigenvalue weighted by molar-refractivity contribution is -0.139. The van der Waals surface area contributed by atoms with Crippen LogP contribution in [0.25, 0.3) is 0 Å². The maximum absolute atomic E-state index is 14.0. The zero-order chi connectivity index (χ0) is 22.8. The highest BCUT2D eigenvalue weighted by molar-refractivity contribution is 5.94. The number of methoxy groups -OCH3 is 1. The molecule has 0 spiro atoms. The molecule has 0 aromatic heterocycles. The van der Waals surface area contributed by atoms with E-state index < -0.39 is 0 Å². The minimum Gasteiger partial charge on any atom is -0.383 e. The van der Waals surface area contributed by atoms with Crippen molar-refractivity contribution in [2.24, 2.45) is 11.8 Å². The van der Waals surface area contributed by atoms with Crippen LogP contribution in [0.2, 0.25) is 0 Å². The Morgan fingerprint density at radius 3 is 2.61 bits per heavy atom. The van der Waals surface area contributed by atoms with Gasteiger partial charge >= 0.3 is 0 Å². The summed E-state index contributed by atoms with van der Waals surface area (Å²) in [5.74, 6) is 0.248. The standard InChI is InChI=1S/C27H33N3O3/c1-33-17-24-20-15-16-30(25(20)19-11-5-7-13-22(19)28-24)27(32)21-12-6-8-14-23(21)29-26(31)18-9-3-2-4-10-18/h2-5,7,9-11,13,20-21,23-25,28H,6,8,12,14-17H2,1H3,(H,29,31)/t20-,21?,23-,24+,25+/m1/s1. The Morgan fingerprint density at radius 2 is 1.79 bits per heavy atom. The van der Waals surface area contributed by atoms with Gasteiger partial charge in [-0.1, -0.05) is 49.2 Å². The summed E-state index contributed by atoms with van der Waals surface area (Å²) < 4.78 is 5.51. The van der Waals surface area contributed by atoms with Gasteiger partial charge in [0.25, 0.3) is 5.91 Å². The Balaban J connectivity index is 1.38. The van der Waals surface area contributed by atoms with Crippen LogP contribution in [0.4, 0.5) is 5.69 Å². The summed E-state index contributed by atoms with van der Waals surface area (Å²) in [5, 5.41) is 6.83. The second-order valence-electron chi connectivity index (χ2n) is 9.56. The van der Waals surface area contributed by atoms with Crippen molar-refractivity contribution >= 4 is 17.5 Å². The van der Waals surface area contributed by atoms with E-state index >= 15 is 0 Å². The number of carbonyl (C=O) groups is 2. The molecule has 1 saturated carbocycles. The number of hydrogen-bond acceptors (Lipinski definition) is 4. The van der Waals surface area contributed by atoms with E-state index in [9.17, 15) is 9.59 Å². The normalized spacial score (nSPS) is 28.4. The molecule has 2 fully saturated rings. The number of benzene rings is 2. The van der Waals surface area contributed by atoms with Crippen molar-refractivity contribution in [3.8, 4) is 0 Å². The molecule has 1 unspecified atom stereocenters. The van der Waals surface area contributed by atoms with Crippen molar-refractivity contribution in [1.29, 1.82) is 0 Å². The van der Waals surface area contributed by atoms with Gasteiger partial charge in [0.2, 0.25) is 5.91 Å². The summed E-state index contributed by atoms with van der Waals surface area (Å²) >= 11 is 0. The third kappa shape index (κ3) is 4.24.